The number of rotatable bonds is 7. The lowest BCUT2D eigenvalue weighted by Gasteiger charge is -2.11. The van der Waals surface area contributed by atoms with Crippen LogP contribution in [0.2, 0.25) is 5.02 Å². The lowest BCUT2D eigenvalue weighted by molar-refractivity contribution is 0.0518. The van der Waals surface area contributed by atoms with Crippen LogP contribution in [-0.4, -0.2) is 40.6 Å². The first kappa shape index (κ1) is 23.9. The second kappa shape index (κ2) is 9.94. The van der Waals surface area contributed by atoms with Crippen molar-refractivity contribution >= 4 is 29.1 Å². The molecule has 0 saturated heterocycles. The third-order valence-electron chi connectivity index (χ3n) is 4.99. The number of methoxy groups -OCH3 is 2. The molecule has 12 heteroatoms. The Hall–Kier alpha value is -4.25. The first-order chi connectivity index (χ1) is 16.8. The molecule has 2 N–H and O–H groups in total. The van der Waals surface area contributed by atoms with Gasteiger partial charge in [-0.2, -0.15) is 5.10 Å². The number of oxime groups is 1. The van der Waals surface area contributed by atoms with Gasteiger partial charge in [0.05, 0.1) is 31.7 Å². The van der Waals surface area contributed by atoms with Crippen molar-refractivity contribution in [3.8, 4) is 22.8 Å². The number of nitrogens with zero attached hydrogens (tertiary/aromatic N) is 4. The van der Waals surface area contributed by atoms with E-state index in [1.807, 2.05) is 0 Å². The van der Waals surface area contributed by atoms with Crippen molar-refractivity contribution in [1.29, 1.82) is 0 Å². The average Bonchev–Trinajstić information content (AvgIpc) is 3.30. The summed E-state index contributed by atoms with van der Waals surface area (Å²) in [6, 6.07) is 12.6. The molecule has 0 aliphatic heterocycles. The number of nitrogens with two attached hydrogens (primary N) is 1. The fraction of sp³-hybridized carbons (Fsp3) is 0.130. The van der Waals surface area contributed by atoms with Crippen molar-refractivity contribution < 1.29 is 27.9 Å². The van der Waals surface area contributed by atoms with Crippen LogP contribution in [0.1, 0.15) is 28.0 Å². The molecule has 0 saturated carbocycles. The monoisotopic (exact) mass is 501 g/mol. The topological polar surface area (TPSA) is 113 Å². The average molecular weight is 502 g/mol. The minimum absolute atomic E-state index is 0.150. The summed E-state index contributed by atoms with van der Waals surface area (Å²) in [5.41, 5.74) is 6.03. The van der Waals surface area contributed by atoms with Gasteiger partial charge >= 0.3 is 5.97 Å². The minimum Gasteiger partial charge on any atom is -0.496 e. The molecule has 4 aromatic rings. The van der Waals surface area contributed by atoms with Gasteiger partial charge in [-0.1, -0.05) is 28.9 Å². The number of hydrogen-bond acceptors (Lipinski definition) is 7. The third-order valence-corrected chi connectivity index (χ3v) is 5.23. The summed E-state index contributed by atoms with van der Waals surface area (Å²) < 4.78 is 39.1. The van der Waals surface area contributed by atoms with Gasteiger partial charge in [-0.25, -0.2) is 23.1 Å². The van der Waals surface area contributed by atoms with E-state index >= 15 is 0 Å². The van der Waals surface area contributed by atoms with Gasteiger partial charge in [-0.05, 0) is 36.4 Å². The maximum Gasteiger partial charge on any atom is 0.371 e. The second-order valence-corrected chi connectivity index (χ2v) is 7.50. The first-order valence-electron chi connectivity index (χ1n) is 10.0. The van der Waals surface area contributed by atoms with Crippen molar-refractivity contribution in [2.24, 2.45) is 10.9 Å². The summed E-state index contributed by atoms with van der Waals surface area (Å²) in [4.78, 5) is 22.1. The van der Waals surface area contributed by atoms with Gasteiger partial charge in [0.1, 0.15) is 22.8 Å². The van der Waals surface area contributed by atoms with E-state index in [4.69, 9.17) is 31.6 Å². The van der Waals surface area contributed by atoms with Crippen LogP contribution < -0.4 is 15.2 Å². The number of aromatic nitrogens is 3. The number of para-hydroxylation sites is 1. The molecule has 4 rings (SSSR count). The fourth-order valence-electron chi connectivity index (χ4n) is 3.35. The molecular formula is C23H18ClF2N5O4. The van der Waals surface area contributed by atoms with E-state index in [0.717, 1.165) is 10.7 Å². The molecule has 2 aromatic carbocycles. The Kier molecular flexibility index (Phi) is 6.78. The Morgan fingerprint density at radius 1 is 1.09 bits per heavy atom. The van der Waals surface area contributed by atoms with Crippen LogP contribution in [0.5, 0.6) is 11.5 Å². The van der Waals surface area contributed by atoms with Crippen LogP contribution in [-0.2, 0) is 4.84 Å². The highest BCUT2D eigenvalue weighted by Crippen LogP contribution is 2.32. The number of fused-ring (bicyclic) bond motifs is 1. The number of hydrogen-bond donors (Lipinski definition) is 1. The van der Waals surface area contributed by atoms with Crippen LogP contribution in [0.25, 0.3) is 16.9 Å². The molecule has 9 nitrogen and oxygen atoms in total. The van der Waals surface area contributed by atoms with Crippen molar-refractivity contribution in [1.82, 2.24) is 14.6 Å². The molecule has 35 heavy (non-hydrogen) atoms. The second-order valence-electron chi connectivity index (χ2n) is 7.06. The summed E-state index contributed by atoms with van der Waals surface area (Å²) in [5.74, 6) is -0.424. The van der Waals surface area contributed by atoms with Crippen LogP contribution in [0.15, 0.2) is 59.9 Å². The number of benzene rings is 2. The number of ether oxygens (including phenoxy) is 2. The normalized spacial score (nSPS) is 11.7. The number of amidine groups is 1. The van der Waals surface area contributed by atoms with Gasteiger partial charge in [0.2, 0.25) is 0 Å². The number of halogens is 3. The van der Waals surface area contributed by atoms with Gasteiger partial charge < -0.3 is 20.0 Å². The third kappa shape index (κ3) is 4.71. The van der Waals surface area contributed by atoms with Crippen LogP contribution >= 0.6 is 11.6 Å². The minimum atomic E-state index is -2.90. The van der Waals surface area contributed by atoms with Crippen LogP contribution in [0, 0.1) is 0 Å². The Morgan fingerprint density at radius 3 is 2.54 bits per heavy atom. The number of alkyl halides is 2. The molecule has 0 aliphatic rings. The maximum atomic E-state index is 13.8. The Labute approximate surface area is 202 Å². The quantitative estimate of drug-likeness (QED) is 0.172. The zero-order chi connectivity index (χ0) is 25.1. The van der Waals surface area contributed by atoms with E-state index in [0.29, 0.717) is 27.6 Å². The Bertz CT molecular complexity index is 1440. The van der Waals surface area contributed by atoms with Crippen LogP contribution in [0.3, 0.4) is 0 Å². The predicted molar refractivity (Wildman–Crippen MR) is 124 cm³/mol. The fourth-order valence-corrected chi connectivity index (χ4v) is 3.52. The smallest absolute Gasteiger partial charge is 0.371 e. The predicted octanol–water partition coefficient (Wildman–Crippen LogP) is 4.48. The highest BCUT2D eigenvalue weighted by atomic mass is 35.5. The SMILES string of the molecule is COc1ccc(Cl)cc1/C(N)=N/OC(=O)c1cnn2c(C(F)F)cc(-c3ccccc3OC)nc12. The maximum absolute atomic E-state index is 13.8. The van der Waals surface area contributed by atoms with Crippen molar-refractivity contribution in [3.63, 3.8) is 0 Å². The van der Waals surface area contributed by atoms with Gasteiger partial charge in [-0.15, -0.1) is 0 Å². The van der Waals surface area contributed by atoms with Crippen molar-refractivity contribution in [2.75, 3.05) is 14.2 Å². The van der Waals surface area contributed by atoms with E-state index < -0.39 is 18.1 Å². The lowest BCUT2D eigenvalue weighted by atomic mass is 10.1. The molecule has 0 aliphatic carbocycles. The molecule has 0 amide bonds. The highest BCUT2D eigenvalue weighted by molar-refractivity contribution is 6.31. The molecular weight excluding hydrogens is 484 g/mol. The van der Waals surface area contributed by atoms with E-state index in [1.165, 1.54) is 26.4 Å². The molecule has 0 fully saturated rings. The zero-order valence-corrected chi connectivity index (χ0v) is 19.2. The first-order valence-corrected chi connectivity index (χ1v) is 10.4. The van der Waals surface area contributed by atoms with E-state index in [9.17, 15) is 13.6 Å². The Balaban J connectivity index is 1.74. The van der Waals surface area contributed by atoms with Crippen molar-refractivity contribution in [3.05, 3.63) is 76.6 Å². The van der Waals surface area contributed by atoms with Gasteiger partial charge in [0, 0.05) is 10.6 Å². The lowest BCUT2D eigenvalue weighted by Crippen LogP contribution is -2.16. The summed E-state index contributed by atoms with van der Waals surface area (Å²) >= 11 is 5.99. The molecule has 0 radical (unpaired) electrons. The van der Waals surface area contributed by atoms with Crippen molar-refractivity contribution in [2.45, 2.75) is 6.43 Å². The zero-order valence-electron chi connectivity index (χ0n) is 18.4. The molecule has 0 spiro atoms. The number of carbonyl (C=O) groups is 1. The van der Waals surface area contributed by atoms with Gasteiger partial charge in [0.25, 0.3) is 6.43 Å². The van der Waals surface area contributed by atoms with E-state index in [1.54, 1.807) is 36.4 Å². The highest BCUT2D eigenvalue weighted by Gasteiger charge is 2.23. The van der Waals surface area contributed by atoms with Crippen LogP contribution in [0.4, 0.5) is 8.78 Å². The summed E-state index contributed by atoms with van der Waals surface area (Å²) in [6.45, 7) is 0. The van der Waals surface area contributed by atoms with E-state index in [-0.39, 0.29) is 22.7 Å². The van der Waals surface area contributed by atoms with E-state index in [2.05, 4.69) is 15.2 Å². The molecule has 0 bridgehead atoms. The molecule has 2 aromatic heterocycles. The van der Waals surface area contributed by atoms with Gasteiger partial charge in [-0.3, -0.25) is 0 Å². The summed E-state index contributed by atoms with van der Waals surface area (Å²) in [5, 5.41) is 7.89. The molecule has 0 atom stereocenters. The summed E-state index contributed by atoms with van der Waals surface area (Å²) in [6.07, 6.45) is -1.84. The summed E-state index contributed by atoms with van der Waals surface area (Å²) in [7, 11) is 2.88. The molecule has 0 unspecified atom stereocenters. The largest absolute Gasteiger partial charge is 0.496 e. The standard InChI is InChI=1S/C23H18ClF2N5O4/c1-33-18-6-4-3-5-13(18)16-10-17(20(25)26)31-22(29-16)15(11-28-31)23(32)35-30-21(27)14-9-12(24)7-8-19(14)34-2/h3-11,20H,1-2H3,(H2,27,30). The Morgan fingerprint density at radius 2 is 1.83 bits per heavy atom. The molecule has 180 valence electrons. The molecule has 2 heterocycles. The van der Waals surface area contributed by atoms with Gasteiger partial charge in [0.15, 0.2) is 11.5 Å². The number of carbonyl (C=O) groups excluding carboxylic acids is 1.